The van der Waals surface area contributed by atoms with Crippen LogP contribution < -0.4 is 4.74 Å². The highest BCUT2D eigenvalue weighted by molar-refractivity contribution is 5.84. The minimum Gasteiger partial charge on any atom is -0.435 e. The highest BCUT2D eigenvalue weighted by Gasteiger charge is 2.22. The van der Waals surface area contributed by atoms with E-state index in [0.717, 1.165) is 42.6 Å². The van der Waals surface area contributed by atoms with Crippen LogP contribution in [0.1, 0.15) is 68.6 Å². The minimum atomic E-state index is -2.84. The Hall–Kier alpha value is -2.57. The van der Waals surface area contributed by atoms with Crippen LogP contribution in [0.5, 0.6) is 5.75 Å². The van der Waals surface area contributed by atoms with E-state index >= 15 is 4.39 Å². The second-order valence-electron chi connectivity index (χ2n) is 10.3. The van der Waals surface area contributed by atoms with Crippen molar-refractivity contribution < 1.29 is 27.4 Å². The number of unbranched alkanes of at least 4 members (excludes halogenated alkanes) is 4. The van der Waals surface area contributed by atoms with Gasteiger partial charge in [0.25, 0.3) is 0 Å². The Balaban J connectivity index is 1.24. The zero-order valence-corrected chi connectivity index (χ0v) is 22.3. The predicted molar refractivity (Wildman–Crippen MR) is 145 cm³/mol. The molecule has 3 aromatic rings. The summed E-state index contributed by atoms with van der Waals surface area (Å²) in [5, 5.41) is 1.49. The lowest BCUT2D eigenvalue weighted by molar-refractivity contribution is -0.203. The van der Waals surface area contributed by atoms with Crippen LogP contribution in [-0.4, -0.2) is 26.1 Å². The van der Waals surface area contributed by atoms with Crippen molar-refractivity contribution >= 4 is 10.8 Å². The summed E-state index contributed by atoms with van der Waals surface area (Å²) < 4.78 is 56.2. The first-order valence-electron chi connectivity index (χ1n) is 14.0. The molecule has 6 heteroatoms. The van der Waals surface area contributed by atoms with E-state index in [1.54, 1.807) is 12.1 Å². The molecule has 0 aliphatic carbocycles. The van der Waals surface area contributed by atoms with Crippen molar-refractivity contribution in [3.05, 3.63) is 77.1 Å². The molecule has 1 aliphatic rings. The van der Waals surface area contributed by atoms with E-state index < -0.39 is 6.61 Å². The maximum atomic E-state index is 15.2. The van der Waals surface area contributed by atoms with Gasteiger partial charge in [0.2, 0.25) is 0 Å². The second-order valence-corrected chi connectivity index (χ2v) is 10.3. The summed E-state index contributed by atoms with van der Waals surface area (Å²) >= 11 is 0. The van der Waals surface area contributed by atoms with E-state index in [4.69, 9.17) is 9.47 Å². The Morgan fingerprint density at radius 2 is 1.55 bits per heavy atom. The maximum absolute atomic E-state index is 15.2. The van der Waals surface area contributed by atoms with Crippen LogP contribution in [0.2, 0.25) is 0 Å². The van der Waals surface area contributed by atoms with Crippen LogP contribution in [0.3, 0.4) is 0 Å². The van der Waals surface area contributed by atoms with Crippen LogP contribution in [0, 0.1) is 11.7 Å². The number of hydrogen-bond acceptors (Lipinski definition) is 3. The molecule has 0 radical (unpaired) electrons. The molecule has 3 nitrogen and oxygen atoms in total. The Morgan fingerprint density at radius 3 is 2.29 bits per heavy atom. The number of aryl methyl sites for hydroxylation is 3. The third kappa shape index (κ3) is 8.47. The molecule has 0 N–H and O–H groups in total. The van der Waals surface area contributed by atoms with Gasteiger partial charge >= 0.3 is 6.61 Å². The van der Waals surface area contributed by atoms with E-state index in [0.29, 0.717) is 29.7 Å². The molecule has 4 rings (SSSR count). The van der Waals surface area contributed by atoms with Crippen LogP contribution >= 0.6 is 0 Å². The number of benzene rings is 3. The molecule has 0 atom stereocenters. The first-order valence-corrected chi connectivity index (χ1v) is 14.0. The van der Waals surface area contributed by atoms with Crippen molar-refractivity contribution in [3.63, 3.8) is 0 Å². The van der Waals surface area contributed by atoms with Crippen LogP contribution in [0.15, 0.2) is 54.6 Å². The molecule has 0 bridgehead atoms. The highest BCUT2D eigenvalue weighted by atomic mass is 19.3. The number of fused-ring (bicyclic) bond motifs is 1. The lowest BCUT2D eigenvalue weighted by atomic mass is 9.98. The van der Waals surface area contributed by atoms with Gasteiger partial charge in [0.05, 0.1) is 13.2 Å². The van der Waals surface area contributed by atoms with Gasteiger partial charge < -0.3 is 14.2 Å². The summed E-state index contributed by atoms with van der Waals surface area (Å²) in [6, 6.07) is 16.2. The van der Waals surface area contributed by atoms with Gasteiger partial charge in [0, 0.05) is 17.7 Å². The third-order valence-electron chi connectivity index (χ3n) is 7.35. The molecule has 38 heavy (non-hydrogen) atoms. The number of halogens is 3. The van der Waals surface area contributed by atoms with Crippen LogP contribution in [0.25, 0.3) is 10.8 Å². The Bertz CT molecular complexity index is 1120. The van der Waals surface area contributed by atoms with E-state index in [-0.39, 0.29) is 17.9 Å². The lowest BCUT2D eigenvalue weighted by Crippen LogP contribution is -2.32. The van der Waals surface area contributed by atoms with Crippen molar-refractivity contribution in [2.24, 2.45) is 5.92 Å². The van der Waals surface area contributed by atoms with Gasteiger partial charge in [-0.2, -0.15) is 8.78 Å². The van der Waals surface area contributed by atoms with E-state index in [1.165, 1.54) is 50.7 Å². The molecular weight excluding hydrogens is 489 g/mol. The van der Waals surface area contributed by atoms with Crippen molar-refractivity contribution in [2.75, 3.05) is 13.2 Å². The number of rotatable bonds is 14. The van der Waals surface area contributed by atoms with E-state index in [1.807, 2.05) is 30.3 Å². The number of alkyl halides is 2. The van der Waals surface area contributed by atoms with Gasteiger partial charge in [-0.05, 0) is 59.9 Å². The van der Waals surface area contributed by atoms with Crippen molar-refractivity contribution in [2.45, 2.75) is 84.0 Å². The van der Waals surface area contributed by atoms with Gasteiger partial charge in [-0.25, -0.2) is 4.39 Å². The van der Waals surface area contributed by atoms with Crippen molar-refractivity contribution in [3.8, 4) is 5.75 Å². The molecule has 1 saturated heterocycles. The molecular formula is C32H39F3O3. The zero-order chi connectivity index (χ0) is 26.7. The number of ether oxygens (including phenoxy) is 3. The highest BCUT2D eigenvalue weighted by Crippen LogP contribution is 2.26. The molecule has 206 valence electrons. The van der Waals surface area contributed by atoms with Gasteiger partial charge in [0.15, 0.2) is 6.29 Å². The Labute approximate surface area is 224 Å². The molecule has 0 spiro atoms. The molecule has 1 heterocycles. The SMILES string of the molecule is CCCCCCCC1COC(CCc2ccc3c(F)c(CCc4ccc(OC(F)F)cc4)ccc3c2)OC1. The largest absolute Gasteiger partial charge is 0.435 e. The summed E-state index contributed by atoms with van der Waals surface area (Å²) in [4.78, 5) is 0. The molecule has 0 amide bonds. The predicted octanol–water partition coefficient (Wildman–Crippen LogP) is 8.65. The zero-order valence-electron chi connectivity index (χ0n) is 22.3. The fourth-order valence-electron chi connectivity index (χ4n) is 5.09. The molecule has 0 saturated carbocycles. The van der Waals surface area contributed by atoms with Gasteiger partial charge in [0.1, 0.15) is 11.6 Å². The number of hydrogen-bond donors (Lipinski definition) is 0. The summed E-state index contributed by atoms with van der Waals surface area (Å²) in [6.45, 7) is 0.945. The van der Waals surface area contributed by atoms with Gasteiger partial charge in [-0.15, -0.1) is 0 Å². The summed E-state index contributed by atoms with van der Waals surface area (Å²) in [6.07, 6.45) is 10.2. The standard InChI is InChI=1S/C32H39F3O3/c1-2-3-4-5-6-7-25-21-36-30(37-22-25)19-12-24-11-18-29-27(20-24)15-14-26(31(29)33)13-8-23-9-16-28(17-10-23)38-32(34)35/h9-11,14-18,20,25,30,32H,2-8,12-13,19,21-22H2,1H3. The molecule has 1 fully saturated rings. The lowest BCUT2D eigenvalue weighted by Gasteiger charge is -2.29. The summed E-state index contributed by atoms with van der Waals surface area (Å²) in [7, 11) is 0. The molecule has 0 aromatic heterocycles. The average Bonchev–Trinajstić information content (AvgIpc) is 2.92. The van der Waals surface area contributed by atoms with Crippen LogP contribution in [0.4, 0.5) is 13.2 Å². The topological polar surface area (TPSA) is 27.7 Å². The quantitative estimate of drug-likeness (QED) is 0.196. The van der Waals surface area contributed by atoms with Crippen molar-refractivity contribution in [1.29, 1.82) is 0 Å². The first kappa shape index (κ1) is 28.4. The maximum Gasteiger partial charge on any atom is 0.387 e. The third-order valence-corrected chi connectivity index (χ3v) is 7.35. The average molecular weight is 529 g/mol. The minimum absolute atomic E-state index is 0.121. The molecule has 3 aromatic carbocycles. The summed E-state index contributed by atoms with van der Waals surface area (Å²) in [5.41, 5.74) is 2.72. The van der Waals surface area contributed by atoms with Gasteiger partial charge in [-0.1, -0.05) is 81.5 Å². The van der Waals surface area contributed by atoms with E-state index in [9.17, 15) is 8.78 Å². The smallest absolute Gasteiger partial charge is 0.387 e. The van der Waals surface area contributed by atoms with Crippen LogP contribution in [-0.2, 0) is 28.7 Å². The monoisotopic (exact) mass is 528 g/mol. The normalized spacial score (nSPS) is 17.8. The first-order chi connectivity index (χ1) is 18.5. The van der Waals surface area contributed by atoms with Gasteiger partial charge in [-0.3, -0.25) is 0 Å². The molecule has 0 unspecified atom stereocenters. The Morgan fingerprint density at radius 1 is 0.816 bits per heavy atom. The fourth-order valence-corrected chi connectivity index (χ4v) is 5.09. The van der Waals surface area contributed by atoms with E-state index in [2.05, 4.69) is 11.7 Å². The Kier molecular flexibility index (Phi) is 10.9. The van der Waals surface area contributed by atoms with Crippen molar-refractivity contribution in [1.82, 2.24) is 0 Å². The fraction of sp³-hybridized carbons (Fsp3) is 0.500. The second kappa shape index (κ2) is 14.5. The molecule has 1 aliphatic heterocycles. The summed E-state index contributed by atoms with van der Waals surface area (Å²) in [5.74, 6) is 0.423.